The third kappa shape index (κ3) is 3.68. The van der Waals surface area contributed by atoms with E-state index < -0.39 is 12.1 Å². The number of hydrogen-bond acceptors (Lipinski definition) is 4. The molecule has 0 aliphatic rings. The van der Waals surface area contributed by atoms with E-state index in [4.69, 9.17) is 9.47 Å². The van der Waals surface area contributed by atoms with E-state index in [1.54, 1.807) is 29.9 Å². The Morgan fingerprint density at radius 1 is 1.12 bits per heavy atom. The smallest absolute Gasteiger partial charge is 0.363 e. The zero-order valence-electron chi connectivity index (χ0n) is 13.8. The number of rotatable bonds is 5. The zero-order chi connectivity index (χ0) is 17.8. The molecule has 0 saturated heterocycles. The second-order valence-corrected chi connectivity index (χ2v) is 5.43. The molecule has 0 N–H and O–H groups in total. The number of methoxy groups -OCH3 is 1. The Bertz CT molecular complexity index is 860. The van der Waals surface area contributed by atoms with Crippen LogP contribution in [-0.2, 0) is 4.74 Å². The van der Waals surface area contributed by atoms with Gasteiger partial charge in [-0.2, -0.15) is 5.10 Å². The molecule has 1 atom stereocenters. The van der Waals surface area contributed by atoms with E-state index in [9.17, 15) is 9.18 Å². The minimum absolute atomic E-state index is 0.0836. The first-order chi connectivity index (χ1) is 12.1. The Morgan fingerprint density at radius 3 is 2.44 bits per heavy atom. The van der Waals surface area contributed by atoms with Gasteiger partial charge < -0.3 is 9.47 Å². The minimum atomic E-state index is -0.608. The van der Waals surface area contributed by atoms with Crippen LogP contribution in [0.25, 0.3) is 5.69 Å². The standard InChI is InChI=1S/C19H17FN2O3/c1-13(14-8-10-15(20)11-9-14)25-19(23)18-17(24-2)12-22(21-18)16-6-4-3-5-7-16/h3-13H,1-2H3/t13-/m0/s1. The maximum absolute atomic E-state index is 13.0. The highest BCUT2D eigenvalue weighted by molar-refractivity contribution is 5.90. The van der Waals surface area contributed by atoms with Gasteiger partial charge in [0.15, 0.2) is 5.75 Å². The zero-order valence-corrected chi connectivity index (χ0v) is 13.8. The van der Waals surface area contributed by atoms with E-state index in [1.165, 1.54) is 19.2 Å². The van der Waals surface area contributed by atoms with Crippen LogP contribution < -0.4 is 4.74 Å². The molecule has 0 aliphatic carbocycles. The molecular formula is C19H17FN2O3. The van der Waals surface area contributed by atoms with Gasteiger partial charge in [0.25, 0.3) is 0 Å². The van der Waals surface area contributed by atoms with E-state index in [0.29, 0.717) is 11.3 Å². The summed E-state index contributed by atoms with van der Waals surface area (Å²) in [5.74, 6) is -0.630. The van der Waals surface area contributed by atoms with Gasteiger partial charge in [-0.15, -0.1) is 0 Å². The van der Waals surface area contributed by atoms with Gasteiger partial charge in [0, 0.05) is 0 Å². The number of ether oxygens (including phenoxy) is 2. The van der Waals surface area contributed by atoms with Crippen LogP contribution in [0.15, 0.2) is 60.8 Å². The first-order valence-corrected chi connectivity index (χ1v) is 7.74. The predicted molar refractivity (Wildman–Crippen MR) is 90.3 cm³/mol. The molecule has 1 aromatic heterocycles. The Morgan fingerprint density at radius 2 is 1.80 bits per heavy atom. The van der Waals surface area contributed by atoms with Gasteiger partial charge in [0.2, 0.25) is 5.69 Å². The molecule has 25 heavy (non-hydrogen) atoms. The number of para-hydroxylation sites is 1. The molecule has 0 unspecified atom stereocenters. The maximum atomic E-state index is 13.0. The molecule has 0 spiro atoms. The lowest BCUT2D eigenvalue weighted by Crippen LogP contribution is -2.11. The Labute approximate surface area is 144 Å². The van der Waals surface area contributed by atoms with Crippen LogP contribution in [0, 0.1) is 5.82 Å². The van der Waals surface area contributed by atoms with Gasteiger partial charge in [-0.05, 0) is 36.8 Å². The number of halogens is 1. The van der Waals surface area contributed by atoms with Gasteiger partial charge in [-0.3, -0.25) is 0 Å². The van der Waals surface area contributed by atoms with Gasteiger partial charge in [-0.1, -0.05) is 30.3 Å². The summed E-state index contributed by atoms with van der Waals surface area (Å²) in [5.41, 5.74) is 1.57. The topological polar surface area (TPSA) is 53.4 Å². The van der Waals surface area contributed by atoms with Crippen molar-refractivity contribution >= 4 is 5.97 Å². The molecule has 0 amide bonds. The average molecular weight is 340 g/mol. The number of carbonyl (C=O) groups excluding carboxylic acids is 1. The molecule has 0 bridgehead atoms. The molecule has 1 heterocycles. The molecule has 128 valence electrons. The highest BCUT2D eigenvalue weighted by Crippen LogP contribution is 2.24. The van der Waals surface area contributed by atoms with Crippen LogP contribution in [0.1, 0.15) is 29.1 Å². The quantitative estimate of drug-likeness (QED) is 0.660. The monoisotopic (exact) mass is 340 g/mol. The summed E-state index contributed by atoms with van der Waals surface area (Å²) in [4.78, 5) is 12.5. The first kappa shape index (κ1) is 16.7. The molecule has 0 fully saturated rings. The van der Waals surface area contributed by atoms with Crippen molar-refractivity contribution in [2.45, 2.75) is 13.0 Å². The maximum Gasteiger partial charge on any atom is 0.363 e. The van der Waals surface area contributed by atoms with E-state index in [-0.39, 0.29) is 11.5 Å². The average Bonchev–Trinajstić information content (AvgIpc) is 3.07. The van der Waals surface area contributed by atoms with Crippen LogP contribution >= 0.6 is 0 Å². The second-order valence-electron chi connectivity index (χ2n) is 5.43. The molecular weight excluding hydrogens is 323 g/mol. The number of esters is 1. The molecule has 6 heteroatoms. The predicted octanol–water partition coefficient (Wildman–Crippen LogP) is 3.94. The lowest BCUT2D eigenvalue weighted by Gasteiger charge is -2.13. The fourth-order valence-corrected chi connectivity index (χ4v) is 2.38. The lowest BCUT2D eigenvalue weighted by atomic mass is 10.1. The lowest BCUT2D eigenvalue weighted by molar-refractivity contribution is 0.0327. The first-order valence-electron chi connectivity index (χ1n) is 7.74. The molecule has 2 aromatic carbocycles. The van der Waals surface area contributed by atoms with E-state index in [2.05, 4.69) is 5.10 Å². The second kappa shape index (κ2) is 7.17. The van der Waals surface area contributed by atoms with Crippen LogP contribution in [0.2, 0.25) is 0 Å². The van der Waals surface area contributed by atoms with Gasteiger partial charge in [0.1, 0.15) is 11.9 Å². The number of carbonyl (C=O) groups is 1. The SMILES string of the molecule is COc1cn(-c2ccccc2)nc1C(=O)O[C@@H](C)c1ccc(F)cc1. The number of nitrogens with zero attached hydrogens (tertiary/aromatic N) is 2. The normalized spacial score (nSPS) is 11.8. The van der Waals surface area contributed by atoms with Crippen LogP contribution in [0.5, 0.6) is 5.75 Å². The fourth-order valence-electron chi connectivity index (χ4n) is 2.38. The van der Waals surface area contributed by atoms with Crippen LogP contribution in [0.4, 0.5) is 4.39 Å². The summed E-state index contributed by atoms with van der Waals surface area (Å²) >= 11 is 0. The molecule has 0 radical (unpaired) electrons. The van der Waals surface area contributed by atoms with Crippen molar-refractivity contribution in [3.05, 3.63) is 77.9 Å². The molecule has 3 aromatic rings. The summed E-state index contributed by atoms with van der Waals surface area (Å²) < 4.78 is 25.2. The summed E-state index contributed by atoms with van der Waals surface area (Å²) in [6, 6.07) is 15.2. The summed E-state index contributed by atoms with van der Waals surface area (Å²) in [7, 11) is 1.46. The Kier molecular flexibility index (Phi) is 4.79. The highest BCUT2D eigenvalue weighted by atomic mass is 19.1. The third-order valence-corrected chi connectivity index (χ3v) is 3.74. The molecule has 0 saturated carbocycles. The molecule has 0 aliphatic heterocycles. The minimum Gasteiger partial charge on any atom is -0.493 e. The van der Waals surface area contributed by atoms with E-state index in [0.717, 1.165) is 5.69 Å². The van der Waals surface area contributed by atoms with Crippen molar-refractivity contribution in [3.63, 3.8) is 0 Å². The Hall–Kier alpha value is -3.15. The van der Waals surface area contributed by atoms with Crippen molar-refractivity contribution in [3.8, 4) is 11.4 Å². The largest absolute Gasteiger partial charge is 0.493 e. The van der Waals surface area contributed by atoms with Crippen molar-refractivity contribution < 1.29 is 18.7 Å². The van der Waals surface area contributed by atoms with E-state index >= 15 is 0 Å². The molecule has 5 nitrogen and oxygen atoms in total. The van der Waals surface area contributed by atoms with Crippen LogP contribution in [0.3, 0.4) is 0 Å². The number of aromatic nitrogens is 2. The van der Waals surface area contributed by atoms with Gasteiger partial charge in [-0.25, -0.2) is 13.9 Å². The van der Waals surface area contributed by atoms with Crippen molar-refractivity contribution in [2.75, 3.05) is 7.11 Å². The Balaban J connectivity index is 1.82. The summed E-state index contributed by atoms with van der Waals surface area (Å²) in [6.45, 7) is 1.71. The molecule has 3 rings (SSSR count). The van der Waals surface area contributed by atoms with Crippen molar-refractivity contribution in [2.24, 2.45) is 0 Å². The van der Waals surface area contributed by atoms with Gasteiger partial charge in [0.05, 0.1) is 19.0 Å². The summed E-state index contributed by atoms with van der Waals surface area (Å²) in [6.07, 6.45) is 1.08. The van der Waals surface area contributed by atoms with Crippen LogP contribution in [-0.4, -0.2) is 22.9 Å². The van der Waals surface area contributed by atoms with Gasteiger partial charge >= 0.3 is 5.97 Å². The number of hydrogen-bond donors (Lipinski definition) is 0. The van der Waals surface area contributed by atoms with Crippen molar-refractivity contribution in [1.29, 1.82) is 0 Å². The third-order valence-electron chi connectivity index (χ3n) is 3.74. The summed E-state index contributed by atoms with van der Waals surface area (Å²) in [5, 5.41) is 4.27. The number of benzene rings is 2. The fraction of sp³-hybridized carbons (Fsp3) is 0.158. The van der Waals surface area contributed by atoms with Crippen molar-refractivity contribution in [1.82, 2.24) is 9.78 Å². The highest BCUT2D eigenvalue weighted by Gasteiger charge is 2.22. The van der Waals surface area contributed by atoms with E-state index in [1.807, 2.05) is 30.3 Å².